The summed E-state index contributed by atoms with van der Waals surface area (Å²) < 4.78 is 17.3. The molecule has 2 fully saturated rings. The summed E-state index contributed by atoms with van der Waals surface area (Å²) in [6.45, 7) is 13.8. The number of carbonyl (C=O) groups excluding carboxylic acids is 1. The first-order valence-electron chi connectivity index (χ1n) is 17.2. The molecule has 11 heteroatoms. The van der Waals surface area contributed by atoms with Gasteiger partial charge in [0.2, 0.25) is 0 Å². The first-order chi connectivity index (χ1) is 23.0. The Morgan fingerprint density at radius 1 is 1.00 bits per heavy atom. The number of quaternary nitrogens is 1. The van der Waals surface area contributed by atoms with Gasteiger partial charge in [-0.05, 0) is 57.7 Å². The number of fused-ring (bicyclic) bond motifs is 3. The summed E-state index contributed by atoms with van der Waals surface area (Å²) >= 11 is 0. The van der Waals surface area contributed by atoms with Crippen LogP contribution in [0.4, 0.5) is 0 Å². The molecule has 6 heterocycles. The standard InChI is InChI=1S/C37H47N7O4/c1-20(2)34-28(18-30(40-34)37(45)44(6,7)25-9-13-43(14-10-25)24-11-15-47-16-12-24)35-33-26-19-31(46-8)27(32-21(3)42-48-22(32)4)17-29(26)41-36(33)39-23(5)38-35/h17-20,24-25H,9-16H2,1-8H3,(H-,38,39,40,41,45)/p+1. The van der Waals surface area contributed by atoms with Gasteiger partial charge in [0.1, 0.15) is 28.7 Å². The summed E-state index contributed by atoms with van der Waals surface area (Å²) in [6, 6.07) is 6.99. The van der Waals surface area contributed by atoms with Crippen LogP contribution >= 0.6 is 0 Å². The van der Waals surface area contributed by atoms with Crippen LogP contribution in [0.25, 0.3) is 44.3 Å². The van der Waals surface area contributed by atoms with E-state index in [1.807, 2.05) is 32.9 Å². The molecule has 2 saturated heterocycles. The number of nitrogens with one attached hydrogen (secondary N) is 2. The van der Waals surface area contributed by atoms with Crippen LogP contribution in [0.2, 0.25) is 0 Å². The maximum Gasteiger partial charge on any atom is 0.362 e. The Bertz CT molecular complexity index is 1970. The van der Waals surface area contributed by atoms with E-state index in [2.05, 4.69) is 54.0 Å². The SMILES string of the molecule is COc1cc2c(cc1-c1c(C)noc1C)[nH]c1nc(C)nc(-c3cc(C(=O)[N+](C)(C)C4CCN(C5CCOCC5)CC4)[nH]c3C(C)C)c12. The number of hydrogen-bond donors (Lipinski definition) is 2. The van der Waals surface area contributed by atoms with Crippen LogP contribution in [0, 0.1) is 20.8 Å². The fourth-order valence-corrected chi connectivity index (χ4v) is 8.02. The molecule has 254 valence electrons. The van der Waals surface area contributed by atoms with Gasteiger partial charge in [-0.25, -0.2) is 14.8 Å². The Balaban J connectivity index is 1.27. The number of rotatable bonds is 7. The van der Waals surface area contributed by atoms with Crippen molar-refractivity contribution in [1.82, 2.24) is 30.0 Å². The molecule has 0 bridgehead atoms. The highest BCUT2D eigenvalue weighted by molar-refractivity contribution is 6.14. The van der Waals surface area contributed by atoms with E-state index in [1.165, 1.54) is 0 Å². The summed E-state index contributed by atoms with van der Waals surface area (Å²) in [6.07, 6.45) is 4.21. The van der Waals surface area contributed by atoms with Crippen LogP contribution in [-0.4, -0.2) is 100.0 Å². The van der Waals surface area contributed by atoms with Gasteiger partial charge in [-0.2, -0.15) is 0 Å². The van der Waals surface area contributed by atoms with E-state index in [0.717, 1.165) is 113 Å². The van der Waals surface area contributed by atoms with Crippen LogP contribution < -0.4 is 4.74 Å². The van der Waals surface area contributed by atoms with E-state index in [1.54, 1.807) is 7.11 Å². The van der Waals surface area contributed by atoms with Crippen molar-refractivity contribution in [3.63, 3.8) is 0 Å². The van der Waals surface area contributed by atoms with Gasteiger partial charge in [0.15, 0.2) is 0 Å². The molecule has 2 aliphatic heterocycles. The van der Waals surface area contributed by atoms with Crippen molar-refractivity contribution in [3.05, 3.63) is 46.9 Å². The maximum absolute atomic E-state index is 14.4. The second-order valence-corrected chi connectivity index (χ2v) is 14.4. The lowest BCUT2D eigenvalue weighted by atomic mass is 9.97. The third-order valence-electron chi connectivity index (χ3n) is 10.7. The largest absolute Gasteiger partial charge is 0.496 e. The second-order valence-electron chi connectivity index (χ2n) is 14.4. The Kier molecular flexibility index (Phi) is 8.41. The third kappa shape index (κ3) is 5.51. The number of ether oxygens (including phenoxy) is 2. The van der Waals surface area contributed by atoms with Gasteiger partial charge in [0.05, 0.1) is 49.6 Å². The number of piperidine rings is 1. The number of carbonyl (C=O) groups is 1. The van der Waals surface area contributed by atoms with Crippen molar-refractivity contribution >= 4 is 27.8 Å². The van der Waals surface area contributed by atoms with Crippen LogP contribution in [0.5, 0.6) is 5.75 Å². The van der Waals surface area contributed by atoms with Gasteiger partial charge in [-0.3, -0.25) is 9.38 Å². The minimum absolute atomic E-state index is 0.0967. The fraction of sp³-hybridized carbons (Fsp3) is 0.514. The minimum Gasteiger partial charge on any atom is -0.496 e. The number of benzene rings is 1. The third-order valence-corrected chi connectivity index (χ3v) is 10.7. The zero-order valence-electron chi connectivity index (χ0n) is 29.5. The highest BCUT2D eigenvalue weighted by Gasteiger charge is 2.41. The molecule has 1 amide bonds. The Labute approximate surface area is 281 Å². The van der Waals surface area contributed by atoms with E-state index in [0.29, 0.717) is 27.8 Å². The number of aryl methyl sites for hydroxylation is 3. The molecule has 1 aromatic carbocycles. The van der Waals surface area contributed by atoms with Crippen molar-refractivity contribution in [2.75, 3.05) is 47.5 Å². The molecule has 2 aliphatic rings. The Morgan fingerprint density at radius 2 is 1.73 bits per heavy atom. The summed E-state index contributed by atoms with van der Waals surface area (Å²) in [5.41, 5.74) is 7.59. The van der Waals surface area contributed by atoms with Crippen LogP contribution in [-0.2, 0) is 4.74 Å². The zero-order valence-corrected chi connectivity index (χ0v) is 29.5. The van der Waals surface area contributed by atoms with Crippen molar-refractivity contribution in [3.8, 4) is 28.1 Å². The molecule has 7 rings (SSSR count). The summed E-state index contributed by atoms with van der Waals surface area (Å²) in [4.78, 5) is 34.0. The highest BCUT2D eigenvalue weighted by Crippen LogP contribution is 2.42. The van der Waals surface area contributed by atoms with Crippen molar-refractivity contribution in [2.45, 2.75) is 78.3 Å². The van der Waals surface area contributed by atoms with Gasteiger partial charge in [0, 0.05) is 72.9 Å². The molecular weight excluding hydrogens is 606 g/mol. The molecule has 5 aromatic rings. The number of hydrogen-bond acceptors (Lipinski definition) is 8. The summed E-state index contributed by atoms with van der Waals surface area (Å²) in [7, 11) is 5.82. The first kappa shape index (κ1) is 32.5. The fourth-order valence-electron chi connectivity index (χ4n) is 8.02. The van der Waals surface area contributed by atoms with E-state index in [9.17, 15) is 4.79 Å². The zero-order chi connectivity index (χ0) is 33.9. The van der Waals surface area contributed by atoms with Crippen LogP contribution in [0.15, 0.2) is 22.7 Å². The maximum atomic E-state index is 14.4. The molecule has 0 saturated carbocycles. The van der Waals surface area contributed by atoms with Crippen molar-refractivity contribution in [1.29, 1.82) is 0 Å². The van der Waals surface area contributed by atoms with Crippen molar-refractivity contribution < 1.29 is 23.3 Å². The van der Waals surface area contributed by atoms with Gasteiger partial charge in [0.25, 0.3) is 0 Å². The smallest absolute Gasteiger partial charge is 0.362 e. The lowest BCUT2D eigenvalue weighted by Gasteiger charge is -2.43. The van der Waals surface area contributed by atoms with E-state index in [4.69, 9.17) is 24.0 Å². The van der Waals surface area contributed by atoms with Gasteiger partial charge < -0.3 is 24.0 Å². The van der Waals surface area contributed by atoms with Gasteiger partial charge in [-0.15, -0.1) is 0 Å². The van der Waals surface area contributed by atoms with Crippen LogP contribution in [0.1, 0.15) is 78.9 Å². The summed E-state index contributed by atoms with van der Waals surface area (Å²) in [5, 5.41) is 6.01. The highest BCUT2D eigenvalue weighted by atomic mass is 16.5. The Hall–Kier alpha value is -4.06. The normalized spacial score (nSPS) is 17.3. The first-order valence-corrected chi connectivity index (χ1v) is 17.2. The number of amides is 1. The molecule has 2 N–H and O–H groups in total. The number of methoxy groups -OCH3 is 1. The molecule has 0 radical (unpaired) electrons. The molecule has 0 unspecified atom stereocenters. The Morgan fingerprint density at radius 3 is 2.38 bits per heavy atom. The summed E-state index contributed by atoms with van der Waals surface area (Å²) in [5.74, 6) is 2.32. The number of aromatic amines is 2. The predicted molar refractivity (Wildman–Crippen MR) is 186 cm³/mol. The monoisotopic (exact) mass is 654 g/mol. The van der Waals surface area contributed by atoms with Gasteiger partial charge >= 0.3 is 5.91 Å². The lowest BCUT2D eigenvalue weighted by Crippen LogP contribution is -2.58. The molecule has 0 spiro atoms. The lowest BCUT2D eigenvalue weighted by molar-refractivity contribution is -0.836. The van der Waals surface area contributed by atoms with Crippen LogP contribution in [0.3, 0.4) is 0 Å². The van der Waals surface area contributed by atoms with E-state index in [-0.39, 0.29) is 17.9 Å². The van der Waals surface area contributed by atoms with E-state index >= 15 is 0 Å². The number of aromatic nitrogens is 5. The van der Waals surface area contributed by atoms with Crippen molar-refractivity contribution in [2.24, 2.45) is 0 Å². The minimum atomic E-state index is 0.0967. The van der Waals surface area contributed by atoms with E-state index < -0.39 is 0 Å². The predicted octanol–water partition coefficient (Wildman–Crippen LogP) is 6.68. The average molecular weight is 655 g/mol. The molecule has 4 aromatic heterocycles. The quantitative estimate of drug-likeness (QED) is 0.187. The molecular formula is C37H48N7O4+. The number of nitrogens with zero attached hydrogens (tertiary/aromatic N) is 5. The second kappa shape index (κ2) is 12.4. The number of H-pyrrole nitrogens is 2. The molecule has 0 atom stereocenters. The average Bonchev–Trinajstić information content (AvgIpc) is 3.78. The molecule has 11 nitrogen and oxygen atoms in total. The molecule has 0 aliphatic carbocycles. The topological polar surface area (TPSA) is 122 Å². The molecule has 48 heavy (non-hydrogen) atoms. The van der Waals surface area contributed by atoms with Gasteiger partial charge in [-0.1, -0.05) is 19.0 Å². The number of likely N-dealkylation sites (tertiary alicyclic amines) is 1.